The van der Waals surface area contributed by atoms with E-state index in [1.807, 2.05) is 12.1 Å². The van der Waals surface area contributed by atoms with Gasteiger partial charge in [0.15, 0.2) is 0 Å². The van der Waals surface area contributed by atoms with Gasteiger partial charge in [-0.25, -0.2) is 14.4 Å². The minimum atomic E-state index is -0.406. The molecule has 5 nitrogen and oxygen atoms in total. The SMILES string of the molecule is O=C(Nc1ccc(Br)cc1)c1cc(Nc2ccccc2F)ncn1. The van der Waals surface area contributed by atoms with Crippen molar-refractivity contribution in [1.29, 1.82) is 0 Å². The van der Waals surface area contributed by atoms with E-state index in [0.717, 1.165) is 4.47 Å². The quantitative estimate of drug-likeness (QED) is 0.698. The van der Waals surface area contributed by atoms with Crippen LogP contribution in [0.3, 0.4) is 0 Å². The van der Waals surface area contributed by atoms with E-state index in [2.05, 4.69) is 36.5 Å². The minimum absolute atomic E-state index is 0.173. The van der Waals surface area contributed by atoms with Gasteiger partial charge in [0.25, 0.3) is 5.91 Å². The monoisotopic (exact) mass is 386 g/mol. The molecule has 3 rings (SSSR count). The molecule has 1 aromatic heterocycles. The summed E-state index contributed by atoms with van der Waals surface area (Å²) in [4.78, 5) is 20.2. The molecule has 0 spiro atoms. The fourth-order valence-electron chi connectivity index (χ4n) is 1.98. The lowest BCUT2D eigenvalue weighted by molar-refractivity contribution is 0.102. The number of aromatic nitrogens is 2. The van der Waals surface area contributed by atoms with Crippen LogP contribution in [0.5, 0.6) is 0 Å². The van der Waals surface area contributed by atoms with Crippen molar-refractivity contribution < 1.29 is 9.18 Å². The summed E-state index contributed by atoms with van der Waals surface area (Å²) in [6, 6.07) is 14.8. The fraction of sp³-hybridized carbons (Fsp3) is 0. The largest absolute Gasteiger partial charge is 0.338 e. The van der Waals surface area contributed by atoms with Crippen LogP contribution in [0.4, 0.5) is 21.6 Å². The number of hydrogen-bond acceptors (Lipinski definition) is 4. The molecule has 2 N–H and O–H groups in total. The Morgan fingerprint density at radius 2 is 1.79 bits per heavy atom. The zero-order chi connectivity index (χ0) is 16.9. The van der Waals surface area contributed by atoms with Gasteiger partial charge < -0.3 is 10.6 Å². The van der Waals surface area contributed by atoms with E-state index in [0.29, 0.717) is 11.5 Å². The van der Waals surface area contributed by atoms with E-state index < -0.39 is 5.82 Å². The van der Waals surface area contributed by atoms with Gasteiger partial charge in [-0.2, -0.15) is 0 Å². The first-order valence-corrected chi connectivity index (χ1v) is 7.81. The first kappa shape index (κ1) is 16.1. The predicted molar refractivity (Wildman–Crippen MR) is 93.8 cm³/mol. The molecule has 0 aliphatic heterocycles. The Hall–Kier alpha value is -2.80. The van der Waals surface area contributed by atoms with Gasteiger partial charge >= 0.3 is 0 Å². The molecule has 0 unspecified atom stereocenters. The van der Waals surface area contributed by atoms with Gasteiger partial charge in [0.1, 0.15) is 23.7 Å². The summed E-state index contributed by atoms with van der Waals surface area (Å²) in [6.45, 7) is 0. The average Bonchev–Trinajstić information content (AvgIpc) is 2.59. The van der Waals surface area contributed by atoms with E-state index in [-0.39, 0.29) is 17.3 Å². The normalized spacial score (nSPS) is 10.2. The number of carbonyl (C=O) groups excluding carboxylic acids is 1. The maximum atomic E-state index is 13.7. The highest BCUT2D eigenvalue weighted by Crippen LogP contribution is 2.19. The first-order valence-electron chi connectivity index (χ1n) is 7.02. The molecule has 1 heterocycles. The molecule has 24 heavy (non-hydrogen) atoms. The molecule has 0 saturated heterocycles. The van der Waals surface area contributed by atoms with Gasteiger partial charge in [0.2, 0.25) is 0 Å². The number of benzene rings is 2. The number of anilines is 3. The second-order valence-corrected chi connectivity index (χ2v) is 5.77. The van der Waals surface area contributed by atoms with Crippen LogP contribution in [0.25, 0.3) is 0 Å². The molecular weight excluding hydrogens is 375 g/mol. The van der Waals surface area contributed by atoms with Crippen LogP contribution >= 0.6 is 15.9 Å². The summed E-state index contributed by atoms with van der Waals surface area (Å²) < 4.78 is 14.6. The number of nitrogens with one attached hydrogen (secondary N) is 2. The number of halogens is 2. The van der Waals surface area contributed by atoms with E-state index in [4.69, 9.17) is 0 Å². The third-order valence-corrected chi connectivity index (χ3v) is 3.67. The Morgan fingerprint density at radius 1 is 1.04 bits per heavy atom. The zero-order valence-corrected chi connectivity index (χ0v) is 13.9. The summed E-state index contributed by atoms with van der Waals surface area (Å²) in [6.07, 6.45) is 1.25. The summed E-state index contributed by atoms with van der Waals surface area (Å²) in [5, 5.41) is 5.56. The van der Waals surface area contributed by atoms with Crippen molar-refractivity contribution in [3.63, 3.8) is 0 Å². The molecule has 0 bridgehead atoms. The van der Waals surface area contributed by atoms with E-state index >= 15 is 0 Å². The van der Waals surface area contributed by atoms with Crippen molar-refractivity contribution in [1.82, 2.24) is 9.97 Å². The van der Waals surface area contributed by atoms with Crippen LogP contribution in [0.15, 0.2) is 65.4 Å². The van der Waals surface area contributed by atoms with Crippen molar-refractivity contribution in [3.05, 3.63) is 76.9 Å². The third kappa shape index (κ3) is 3.94. The van der Waals surface area contributed by atoms with Crippen molar-refractivity contribution in [2.45, 2.75) is 0 Å². The van der Waals surface area contributed by atoms with Crippen molar-refractivity contribution in [2.75, 3.05) is 10.6 Å². The third-order valence-electron chi connectivity index (χ3n) is 3.14. The second kappa shape index (κ2) is 7.18. The summed E-state index contributed by atoms with van der Waals surface area (Å²) in [5.74, 6) is -0.454. The highest BCUT2D eigenvalue weighted by Gasteiger charge is 2.10. The molecule has 120 valence electrons. The molecule has 0 radical (unpaired) electrons. The number of rotatable bonds is 4. The maximum Gasteiger partial charge on any atom is 0.274 e. The Labute approximate surface area is 146 Å². The van der Waals surface area contributed by atoms with E-state index in [1.54, 1.807) is 30.3 Å². The van der Waals surface area contributed by atoms with Crippen LogP contribution in [0, 0.1) is 5.82 Å². The van der Waals surface area contributed by atoms with Gasteiger partial charge in [-0.05, 0) is 36.4 Å². The van der Waals surface area contributed by atoms with Gasteiger partial charge in [0, 0.05) is 16.2 Å². The van der Waals surface area contributed by atoms with E-state index in [1.165, 1.54) is 18.5 Å². The highest BCUT2D eigenvalue weighted by atomic mass is 79.9. The molecule has 3 aromatic rings. The molecule has 2 aromatic carbocycles. The van der Waals surface area contributed by atoms with Gasteiger partial charge in [-0.1, -0.05) is 28.1 Å². The van der Waals surface area contributed by atoms with Crippen LogP contribution in [0.2, 0.25) is 0 Å². The molecule has 0 fully saturated rings. The Kier molecular flexibility index (Phi) is 4.81. The van der Waals surface area contributed by atoms with Gasteiger partial charge in [0.05, 0.1) is 5.69 Å². The molecule has 0 atom stereocenters. The number of para-hydroxylation sites is 1. The number of carbonyl (C=O) groups is 1. The first-order chi connectivity index (χ1) is 11.6. The minimum Gasteiger partial charge on any atom is -0.338 e. The topological polar surface area (TPSA) is 66.9 Å². The lowest BCUT2D eigenvalue weighted by Gasteiger charge is -2.08. The predicted octanol–water partition coefficient (Wildman–Crippen LogP) is 4.37. The molecule has 0 aliphatic rings. The van der Waals surface area contributed by atoms with Crippen LogP contribution in [-0.2, 0) is 0 Å². The summed E-state index contributed by atoms with van der Waals surface area (Å²) in [7, 11) is 0. The standard InChI is InChI=1S/C17H12BrFN4O/c18-11-5-7-12(8-6-11)22-17(24)15-9-16(21-10-20-15)23-14-4-2-1-3-13(14)19/h1-10H,(H,22,24)(H,20,21,23). The Balaban J connectivity index is 1.76. The van der Waals surface area contributed by atoms with Crippen LogP contribution < -0.4 is 10.6 Å². The lowest BCUT2D eigenvalue weighted by atomic mass is 10.3. The van der Waals surface area contributed by atoms with Crippen LogP contribution in [-0.4, -0.2) is 15.9 Å². The van der Waals surface area contributed by atoms with Crippen molar-refractivity contribution in [2.24, 2.45) is 0 Å². The highest BCUT2D eigenvalue weighted by molar-refractivity contribution is 9.10. The number of amides is 1. The Morgan fingerprint density at radius 3 is 2.54 bits per heavy atom. The molecular formula is C17H12BrFN4O. The van der Waals surface area contributed by atoms with Gasteiger partial charge in [-0.3, -0.25) is 4.79 Å². The van der Waals surface area contributed by atoms with Crippen molar-refractivity contribution in [3.8, 4) is 0 Å². The van der Waals surface area contributed by atoms with Crippen LogP contribution in [0.1, 0.15) is 10.5 Å². The lowest BCUT2D eigenvalue weighted by Crippen LogP contribution is -2.14. The average molecular weight is 387 g/mol. The maximum absolute atomic E-state index is 13.7. The molecule has 0 saturated carbocycles. The molecule has 0 aliphatic carbocycles. The molecule has 1 amide bonds. The Bertz CT molecular complexity index is 870. The van der Waals surface area contributed by atoms with E-state index in [9.17, 15) is 9.18 Å². The summed E-state index contributed by atoms with van der Waals surface area (Å²) >= 11 is 3.33. The zero-order valence-electron chi connectivity index (χ0n) is 12.3. The number of nitrogens with zero attached hydrogens (tertiary/aromatic N) is 2. The van der Waals surface area contributed by atoms with Gasteiger partial charge in [-0.15, -0.1) is 0 Å². The fourth-order valence-corrected chi connectivity index (χ4v) is 2.24. The molecule has 7 heteroatoms. The van der Waals surface area contributed by atoms with Crippen molar-refractivity contribution >= 4 is 39.0 Å². The second-order valence-electron chi connectivity index (χ2n) is 4.85. The number of hydrogen-bond donors (Lipinski definition) is 2. The summed E-state index contributed by atoms with van der Waals surface area (Å²) in [5.41, 5.74) is 1.09. The smallest absolute Gasteiger partial charge is 0.274 e.